The number of benzene rings is 1. The van der Waals surface area contributed by atoms with E-state index in [1.807, 2.05) is 12.1 Å². The van der Waals surface area contributed by atoms with Crippen molar-refractivity contribution in [1.82, 2.24) is 0 Å². The predicted octanol–water partition coefficient (Wildman–Crippen LogP) is 2.63. The van der Waals surface area contributed by atoms with Crippen LogP contribution in [-0.4, -0.2) is 5.91 Å². The first kappa shape index (κ1) is 10.5. The van der Waals surface area contributed by atoms with Crippen LogP contribution in [0.3, 0.4) is 0 Å². The van der Waals surface area contributed by atoms with Crippen molar-refractivity contribution >= 4 is 33.2 Å². The zero-order chi connectivity index (χ0) is 11.0. The summed E-state index contributed by atoms with van der Waals surface area (Å²) in [4.78, 5) is 11.6. The van der Waals surface area contributed by atoms with E-state index in [9.17, 15) is 4.79 Å². The van der Waals surface area contributed by atoms with Crippen molar-refractivity contribution in [2.45, 2.75) is 13.3 Å². The molecule has 1 saturated carbocycles. The van der Waals surface area contributed by atoms with E-state index >= 15 is 0 Å². The first-order valence-corrected chi connectivity index (χ1v) is 5.73. The van der Waals surface area contributed by atoms with Crippen molar-refractivity contribution in [1.29, 1.82) is 0 Å². The number of nitrogens with one attached hydrogen (secondary N) is 1. The van der Waals surface area contributed by atoms with Gasteiger partial charge >= 0.3 is 0 Å². The molecule has 3 N–H and O–H groups in total. The van der Waals surface area contributed by atoms with Crippen molar-refractivity contribution < 1.29 is 4.79 Å². The molecule has 0 aliphatic heterocycles. The fourth-order valence-electron chi connectivity index (χ4n) is 1.54. The van der Waals surface area contributed by atoms with Gasteiger partial charge in [0, 0.05) is 21.8 Å². The van der Waals surface area contributed by atoms with Gasteiger partial charge in [-0.15, -0.1) is 0 Å². The van der Waals surface area contributed by atoms with Crippen molar-refractivity contribution in [3.63, 3.8) is 0 Å². The lowest BCUT2D eigenvalue weighted by molar-refractivity contribution is -0.117. The number of anilines is 2. The molecule has 0 aromatic heterocycles. The minimum atomic E-state index is 0.101. The van der Waals surface area contributed by atoms with E-state index in [-0.39, 0.29) is 11.8 Å². The van der Waals surface area contributed by atoms with E-state index < -0.39 is 0 Å². The van der Waals surface area contributed by atoms with Crippen molar-refractivity contribution in [2.75, 3.05) is 11.1 Å². The molecule has 0 saturated heterocycles. The quantitative estimate of drug-likeness (QED) is 0.811. The van der Waals surface area contributed by atoms with Crippen molar-refractivity contribution in [2.24, 2.45) is 11.8 Å². The maximum atomic E-state index is 11.6. The van der Waals surface area contributed by atoms with Crippen LogP contribution in [0, 0.1) is 11.8 Å². The summed E-state index contributed by atoms with van der Waals surface area (Å²) in [6.07, 6.45) is 0.998. The van der Waals surface area contributed by atoms with Gasteiger partial charge in [-0.1, -0.05) is 6.92 Å². The van der Waals surface area contributed by atoms with Crippen LogP contribution in [0.4, 0.5) is 11.4 Å². The van der Waals surface area contributed by atoms with Gasteiger partial charge in [-0.05, 0) is 46.5 Å². The second-order valence-corrected chi connectivity index (χ2v) is 4.90. The van der Waals surface area contributed by atoms with Crippen LogP contribution in [0.2, 0.25) is 0 Å². The Bertz CT molecular complexity index is 406. The van der Waals surface area contributed by atoms with E-state index in [1.54, 1.807) is 6.07 Å². The van der Waals surface area contributed by atoms with E-state index in [2.05, 4.69) is 28.2 Å². The molecule has 2 atom stereocenters. The monoisotopic (exact) mass is 268 g/mol. The molecule has 15 heavy (non-hydrogen) atoms. The van der Waals surface area contributed by atoms with E-state index in [0.29, 0.717) is 11.6 Å². The van der Waals surface area contributed by atoms with Crippen LogP contribution in [0.15, 0.2) is 22.7 Å². The predicted molar refractivity (Wildman–Crippen MR) is 64.5 cm³/mol. The summed E-state index contributed by atoms with van der Waals surface area (Å²) in [5.74, 6) is 0.817. The molecule has 1 aliphatic carbocycles. The van der Waals surface area contributed by atoms with Gasteiger partial charge in [0.05, 0.1) is 0 Å². The minimum absolute atomic E-state index is 0.101. The summed E-state index contributed by atoms with van der Waals surface area (Å²) in [6.45, 7) is 2.08. The van der Waals surface area contributed by atoms with Gasteiger partial charge in [0.1, 0.15) is 0 Å². The van der Waals surface area contributed by atoms with Crippen LogP contribution in [0.25, 0.3) is 0 Å². The Kier molecular flexibility index (Phi) is 2.69. The topological polar surface area (TPSA) is 55.1 Å². The fraction of sp³-hybridized carbons (Fsp3) is 0.364. The molecule has 0 spiro atoms. The highest BCUT2D eigenvalue weighted by Gasteiger charge is 2.39. The van der Waals surface area contributed by atoms with Crippen LogP contribution in [0.1, 0.15) is 13.3 Å². The number of hydrogen-bond donors (Lipinski definition) is 2. The molecule has 0 bridgehead atoms. The third kappa shape index (κ3) is 2.31. The van der Waals surface area contributed by atoms with Crippen LogP contribution < -0.4 is 11.1 Å². The van der Waals surface area contributed by atoms with E-state index in [1.165, 1.54) is 0 Å². The van der Waals surface area contributed by atoms with E-state index in [4.69, 9.17) is 5.73 Å². The summed E-state index contributed by atoms with van der Waals surface area (Å²) in [5.41, 5.74) is 7.12. The lowest BCUT2D eigenvalue weighted by Crippen LogP contribution is -2.14. The molecule has 1 aromatic carbocycles. The van der Waals surface area contributed by atoms with Crippen LogP contribution in [0.5, 0.6) is 0 Å². The number of carbonyl (C=O) groups excluding carboxylic acids is 1. The van der Waals surface area contributed by atoms with Gasteiger partial charge in [-0.25, -0.2) is 0 Å². The fourth-order valence-corrected chi connectivity index (χ4v) is 1.79. The highest BCUT2D eigenvalue weighted by molar-refractivity contribution is 9.10. The molecule has 2 rings (SSSR count). The van der Waals surface area contributed by atoms with Gasteiger partial charge in [0.2, 0.25) is 5.91 Å². The number of hydrogen-bond acceptors (Lipinski definition) is 2. The SMILES string of the molecule is CC1CC1C(=O)Nc1ccc(Br)c(N)c1. The van der Waals surface area contributed by atoms with E-state index in [0.717, 1.165) is 16.6 Å². The lowest BCUT2D eigenvalue weighted by Gasteiger charge is -2.06. The molecular formula is C11H13BrN2O. The summed E-state index contributed by atoms with van der Waals surface area (Å²) in [5, 5.41) is 2.86. The summed E-state index contributed by atoms with van der Waals surface area (Å²) in [6, 6.07) is 5.43. The second kappa shape index (κ2) is 3.85. The maximum absolute atomic E-state index is 11.6. The third-order valence-corrected chi connectivity index (χ3v) is 3.43. The standard InChI is InChI=1S/C11H13BrN2O/c1-6-4-8(6)11(15)14-7-2-3-9(12)10(13)5-7/h2-3,5-6,8H,4,13H2,1H3,(H,14,15). The highest BCUT2D eigenvalue weighted by atomic mass is 79.9. The summed E-state index contributed by atoms with van der Waals surface area (Å²) >= 11 is 3.31. The average molecular weight is 269 g/mol. The van der Waals surface area contributed by atoms with Gasteiger partial charge in [0.25, 0.3) is 0 Å². The Balaban J connectivity index is 2.04. The second-order valence-electron chi connectivity index (χ2n) is 4.05. The highest BCUT2D eigenvalue weighted by Crippen LogP contribution is 2.38. The smallest absolute Gasteiger partial charge is 0.227 e. The largest absolute Gasteiger partial charge is 0.398 e. The number of amides is 1. The molecule has 4 heteroatoms. The molecule has 1 fully saturated rings. The van der Waals surface area contributed by atoms with Gasteiger partial charge in [-0.2, -0.15) is 0 Å². The first-order chi connectivity index (χ1) is 7.08. The number of halogens is 1. The van der Waals surface area contributed by atoms with Crippen LogP contribution in [-0.2, 0) is 4.79 Å². The molecule has 2 unspecified atom stereocenters. The number of nitrogen functional groups attached to an aromatic ring is 1. The lowest BCUT2D eigenvalue weighted by atomic mass is 10.2. The zero-order valence-corrected chi connectivity index (χ0v) is 10.0. The third-order valence-electron chi connectivity index (χ3n) is 2.71. The van der Waals surface area contributed by atoms with Crippen molar-refractivity contribution in [3.8, 4) is 0 Å². The molecule has 3 nitrogen and oxygen atoms in total. The first-order valence-electron chi connectivity index (χ1n) is 4.94. The number of rotatable bonds is 2. The van der Waals surface area contributed by atoms with Gasteiger partial charge in [0.15, 0.2) is 0 Å². The molecular weight excluding hydrogens is 256 g/mol. The minimum Gasteiger partial charge on any atom is -0.398 e. The molecule has 1 aliphatic rings. The number of carbonyl (C=O) groups is 1. The van der Waals surface area contributed by atoms with Crippen LogP contribution >= 0.6 is 15.9 Å². The molecule has 0 heterocycles. The van der Waals surface area contributed by atoms with Gasteiger partial charge in [-0.3, -0.25) is 4.79 Å². The molecule has 1 amide bonds. The van der Waals surface area contributed by atoms with Gasteiger partial charge < -0.3 is 11.1 Å². The Morgan fingerprint density at radius 1 is 1.60 bits per heavy atom. The normalized spacial score (nSPS) is 23.6. The Hall–Kier alpha value is -1.03. The molecule has 80 valence electrons. The molecule has 1 aromatic rings. The maximum Gasteiger partial charge on any atom is 0.227 e. The average Bonchev–Trinajstić information content (AvgIpc) is 2.89. The Labute approximate surface area is 97.2 Å². The Morgan fingerprint density at radius 3 is 2.80 bits per heavy atom. The Morgan fingerprint density at radius 2 is 2.27 bits per heavy atom. The summed E-state index contributed by atoms with van der Waals surface area (Å²) < 4.78 is 0.847. The van der Waals surface area contributed by atoms with Crippen molar-refractivity contribution in [3.05, 3.63) is 22.7 Å². The summed E-state index contributed by atoms with van der Waals surface area (Å²) in [7, 11) is 0. The molecule has 0 radical (unpaired) electrons. The number of nitrogens with two attached hydrogens (primary N) is 1. The zero-order valence-electron chi connectivity index (χ0n) is 8.46.